The van der Waals surface area contributed by atoms with Gasteiger partial charge >= 0.3 is 0 Å². The second-order valence-corrected chi connectivity index (χ2v) is 11.5. The fourth-order valence-corrected chi connectivity index (χ4v) is 11.9. The zero-order valence-corrected chi connectivity index (χ0v) is 13.0. The summed E-state index contributed by atoms with van der Waals surface area (Å²) in [5.41, 5.74) is 1.38. The molecule has 2 aliphatic carbocycles. The Balaban J connectivity index is 1.89. The van der Waals surface area contributed by atoms with Gasteiger partial charge in [0.2, 0.25) is 0 Å². The topological polar surface area (TPSA) is 40.5 Å². The van der Waals surface area contributed by atoms with Gasteiger partial charge in [-0.3, -0.25) is 0 Å². The van der Waals surface area contributed by atoms with Crippen molar-refractivity contribution in [2.75, 3.05) is 0 Å². The summed E-state index contributed by atoms with van der Waals surface area (Å²) in [5, 5.41) is 21.6. The first-order valence-corrected chi connectivity index (χ1v) is 10.6. The Bertz CT molecular complexity index is 265. The van der Waals surface area contributed by atoms with Gasteiger partial charge < -0.3 is 10.2 Å². The van der Waals surface area contributed by atoms with Gasteiger partial charge in [0.05, 0.1) is 18.6 Å². The van der Waals surface area contributed by atoms with Crippen molar-refractivity contribution in [2.45, 2.75) is 100 Å². The highest BCUT2D eigenvalue weighted by Gasteiger charge is 2.64. The van der Waals surface area contributed by atoms with Crippen molar-refractivity contribution in [3.05, 3.63) is 0 Å². The highest BCUT2D eigenvalue weighted by Crippen LogP contribution is 2.81. The molecule has 1 aliphatic heterocycles. The van der Waals surface area contributed by atoms with Crippen LogP contribution in [0.15, 0.2) is 0 Å². The summed E-state index contributed by atoms with van der Waals surface area (Å²) in [6, 6.07) is 0. The number of aliphatic hydroxyl groups is 2. The molecule has 2 nitrogen and oxygen atoms in total. The maximum absolute atomic E-state index is 10.8. The zero-order valence-electron chi connectivity index (χ0n) is 12.1. The summed E-state index contributed by atoms with van der Waals surface area (Å²) in [4.78, 5) is 0. The van der Waals surface area contributed by atoms with Gasteiger partial charge in [0.1, 0.15) is 0 Å². The van der Waals surface area contributed by atoms with E-state index in [1.165, 1.54) is 64.2 Å². The highest BCUT2D eigenvalue weighted by molar-refractivity contribution is 7.78. The number of hydrogen-bond donors (Lipinski definition) is 2. The van der Waals surface area contributed by atoms with Crippen molar-refractivity contribution in [1.29, 1.82) is 0 Å². The van der Waals surface area contributed by atoms with Crippen LogP contribution in [-0.2, 0) is 0 Å². The molecule has 3 fully saturated rings. The lowest BCUT2D eigenvalue weighted by atomic mass is 9.99. The molecule has 0 spiro atoms. The van der Waals surface area contributed by atoms with Crippen LogP contribution < -0.4 is 0 Å². The maximum atomic E-state index is 10.8. The molecule has 3 rings (SSSR count). The maximum Gasteiger partial charge on any atom is 0.167 e. The largest absolute Gasteiger partial charge is 0.359 e. The van der Waals surface area contributed by atoms with Crippen LogP contribution in [0.3, 0.4) is 0 Å². The van der Waals surface area contributed by atoms with Gasteiger partial charge in [-0.1, -0.05) is 12.8 Å². The smallest absolute Gasteiger partial charge is 0.167 e. The predicted octanol–water partition coefficient (Wildman–Crippen LogP) is 4.10. The molecule has 0 aromatic carbocycles. The normalized spacial score (nSPS) is 37.6. The molecule has 2 unspecified atom stereocenters. The van der Waals surface area contributed by atoms with E-state index < -0.39 is 7.26 Å². The number of rotatable bonds is 2. The van der Waals surface area contributed by atoms with E-state index in [1.807, 2.05) is 0 Å². The van der Waals surface area contributed by atoms with E-state index in [4.69, 9.17) is 0 Å². The first-order valence-electron chi connectivity index (χ1n) is 8.50. The first-order chi connectivity index (χ1) is 9.26. The number of hydrogen-bond acceptors (Lipinski definition) is 2. The molecule has 0 aromatic rings. The summed E-state index contributed by atoms with van der Waals surface area (Å²) < 4.78 is 0. The molecule has 2 saturated carbocycles. The van der Waals surface area contributed by atoms with Gasteiger partial charge in [0, 0.05) is 12.8 Å². The minimum Gasteiger partial charge on any atom is -0.359 e. The quantitative estimate of drug-likeness (QED) is 0.750. The Morgan fingerprint density at radius 2 is 0.895 bits per heavy atom. The van der Waals surface area contributed by atoms with Crippen LogP contribution in [0.4, 0.5) is 0 Å². The standard InChI is InChI=1S/C16H30O2P/c17-15-11-12-16(18)19(15,13-7-3-1-4-8-13)14-9-5-2-6-10-14/h13-18H,1-12H2/q+1. The van der Waals surface area contributed by atoms with Crippen molar-refractivity contribution in [2.24, 2.45) is 0 Å². The summed E-state index contributed by atoms with van der Waals surface area (Å²) in [5.74, 6) is -0.262. The molecule has 1 heterocycles. The summed E-state index contributed by atoms with van der Waals surface area (Å²) in [6.07, 6.45) is 15.0. The van der Waals surface area contributed by atoms with E-state index >= 15 is 0 Å². The number of aliphatic hydroxyl groups excluding tert-OH is 2. The Hall–Kier alpha value is 0.350. The van der Waals surface area contributed by atoms with E-state index in [9.17, 15) is 10.2 Å². The molecule has 0 bridgehead atoms. The van der Waals surface area contributed by atoms with Gasteiger partial charge in [-0.15, -0.1) is 0 Å². The van der Waals surface area contributed by atoms with Crippen LogP contribution >= 0.6 is 7.26 Å². The van der Waals surface area contributed by atoms with E-state index in [1.54, 1.807) is 0 Å². The zero-order chi connectivity index (χ0) is 13.3. The molecule has 0 radical (unpaired) electrons. The predicted molar refractivity (Wildman–Crippen MR) is 81.9 cm³/mol. The first kappa shape index (κ1) is 14.3. The van der Waals surface area contributed by atoms with Gasteiger partial charge in [0.15, 0.2) is 11.7 Å². The van der Waals surface area contributed by atoms with E-state index in [0.29, 0.717) is 11.3 Å². The average molecular weight is 285 g/mol. The molecule has 2 N–H and O–H groups in total. The van der Waals surface area contributed by atoms with Crippen LogP contribution in [0.5, 0.6) is 0 Å². The Morgan fingerprint density at radius 1 is 0.526 bits per heavy atom. The van der Waals surface area contributed by atoms with Crippen molar-refractivity contribution in [3.8, 4) is 0 Å². The monoisotopic (exact) mass is 285 g/mol. The third-order valence-electron chi connectivity index (χ3n) is 6.13. The third kappa shape index (κ3) is 2.39. The Kier molecular flexibility index (Phi) is 4.51. The van der Waals surface area contributed by atoms with Gasteiger partial charge in [-0.05, 0) is 51.4 Å². The fraction of sp³-hybridized carbons (Fsp3) is 1.00. The lowest BCUT2D eigenvalue weighted by Gasteiger charge is -2.44. The van der Waals surface area contributed by atoms with Gasteiger partial charge in [-0.2, -0.15) is 0 Å². The van der Waals surface area contributed by atoms with Crippen LogP contribution in [0.25, 0.3) is 0 Å². The molecular formula is C16H30O2P+. The van der Waals surface area contributed by atoms with Crippen molar-refractivity contribution < 1.29 is 10.2 Å². The molecule has 1 saturated heterocycles. The summed E-state index contributed by atoms with van der Waals surface area (Å²) in [7, 11) is -1.57. The van der Waals surface area contributed by atoms with Crippen LogP contribution in [0.2, 0.25) is 0 Å². The van der Waals surface area contributed by atoms with Gasteiger partial charge in [-0.25, -0.2) is 0 Å². The molecule has 0 amide bonds. The second kappa shape index (κ2) is 6.00. The SMILES string of the molecule is OC1CCC(O)[P+]1(C1CCCCC1)C1CCCCC1. The highest BCUT2D eigenvalue weighted by atomic mass is 31.2. The minimum absolute atomic E-state index is 0.131. The Labute approximate surface area is 118 Å². The van der Waals surface area contributed by atoms with E-state index in [-0.39, 0.29) is 11.7 Å². The van der Waals surface area contributed by atoms with Crippen molar-refractivity contribution >= 4 is 7.26 Å². The minimum atomic E-state index is -1.57. The molecule has 3 heteroatoms. The lowest BCUT2D eigenvalue weighted by molar-refractivity contribution is 0.237. The molecule has 19 heavy (non-hydrogen) atoms. The van der Waals surface area contributed by atoms with E-state index in [0.717, 1.165) is 12.8 Å². The lowest BCUT2D eigenvalue weighted by Crippen LogP contribution is -2.36. The molecular weight excluding hydrogens is 255 g/mol. The van der Waals surface area contributed by atoms with Crippen LogP contribution in [0.1, 0.15) is 77.0 Å². The second-order valence-electron chi connectivity index (χ2n) is 7.02. The summed E-state index contributed by atoms with van der Waals surface area (Å²) in [6.45, 7) is 0. The van der Waals surface area contributed by atoms with Crippen molar-refractivity contribution in [3.63, 3.8) is 0 Å². The summed E-state index contributed by atoms with van der Waals surface area (Å²) >= 11 is 0. The molecule has 3 aliphatic rings. The molecule has 0 aromatic heterocycles. The molecule has 2 atom stereocenters. The van der Waals surface area contributed by atoms with E-state index in [2.05, 4.69) is 0 Å². The van der Waals surface area contributed by atoms with Crippen LogP contribution in [-0.4, -0.2) is 33.2 Å². The fourth-order valence-electron chi connectivity index (χ4n) is 5.27. The molecule has 110 valence electrons. The van der Waals surface area contributed by atoms with Gasteiger partial charge in [0.25, 0.3) is 0 Å². The van der Waals surface area contributed by atoms with Crippen molar-refractivity contribution in [1.82, 2.24) is 0 Å². The average Bonchev–Trinajstić information content (AvgIpc) is 2.77. The third-order valence-corrected chi connectivity index (χ3v) is 12.3. The van der Waals surface area contributed by atoms with Crippen LogP contribution in [0, 0.1) is 0 Å². The Morgan fingerprint density at radius 3 is 1.26 bits per heavy atom.